The van der Waals surface area contributed by atoms with Crippen LogP contribution in [-0.4, -0.2) is 40.0 Å². The van der Waals surface area contributed by atoms with Crippen molar-refractivity contribution in [2.45, 2.75) is 45.4 Å². The SMILES string of the molecule is COCCCCC1=C/C(=C(/C#N)C(=O)OCC(C)COC)CCC1. The Morgan fingerprint density at radius 1 is 1.25 bits per heavy atom. The lowest BCUT2D eigenvalue weighted by Crippen LogP contribution is -2.17. The van der Waals surface area contributed by atoms with Crippen LogP contribution >= 0.6 is 0 Å². The highest BCUT2D eigenvalue weighted by Gasteiger charge is 2.19. The molecule has 0 aliphatic heterocycles. The van der Waals surface area contributed by atoms with Gasteiger partial charge in [-0.1, -0.05) is 18.6 Å². The monoisotopic (exact) mass is 335 g/mol. The van der Waals surface area contributed by atoms with E-state index in [9.17, 15) is 10.1 Å². The summed E-state index contributed by atoms with van der Waals surface area (Å²) in [5.41, 5.74) is 2.27. The maximum atomic E-state index is 12.2. The van der Waals surface area contributed by atoms with Crippen LogP contribution in [0.4, 0.5) is 0 Å². The maximum absolute atomic E-state index is 12.2. The second-order valence-electron chi connectivity index (χ2n) is 6.28. The molecule has 1 aliphatic carbocycles. The Morgan fingerprint density at radius 2 is 2.04 bits per heavy atom. The molecule has 0 heterocycles. The van der Waals surface area contributed by atoms with Gasteiger partial charge in [-0.25, -0.2) is 4.79 Å². The fourth-order valence-electron chi connectivity index (χ4n) is 2.76. The van der Waals surface area contributed by atoms with Gasteiger partial charge < -0.3 is 14.2 Å². The lowest BCUT2D eigenvalue weighted by atomic mass is 9.90. The molecule has 0 aromatic heterocycles. The Bertz CT molecular complexity index is 502. The normalized spacial score (nSPS) is 17.7. The van der Waals surface area contributed by atoms with E-state index in [1.54, 1.807) is 14.2 Å². The van der Waals surface area contributed by atoms with Gasteiger partial charge in [0.15, 0.2) is 0 Å². The van der Waals surface area contributed by atoms with E-state index in [-0.39, 0.29) is 18.1 Å². The molecule has 0 spiro atoms. The van der Waals surface area contributed by atoms with Crippen LogP contribution in [-0.2, 0) is 19.0 Å². The number of nitriles is 1. The van der Waals surface area contributed by atoms with Crippen LogP contribution in [0.1, 0.15) is 45.4 Å². The molecule has 0 bridgehead atoms. The molecule has 0 amide bonds. The number of nitrogens with zero attached hydrogens (tertiary/aromatic N) is 1. The summed E-state index contributed by atoms with van der Waals surface area (Å²) in [7, 11) is 3.32. The van der Waals surface area contributed by atoms with Crippen molar-refractivity contribution in [3.8, 4) is 6.07 Å². The predicted octanol–water partition coefficient (Wildman–Crippen LogP) is 3.56. The maximum Gasteiger partial charge on any atom is 0.349 e. The molecule has 24 heavy (non-hydrogen) atoms. The number of methoxy groups -OCH3 is 2. The first-order chi connectivity index (χ1) is 11.6. The van der Waals surface area contributed by atoms with Crippen molar-refractivity contribution in [2.24, 2.45) is 5.92 Å². The minimum atomic E-state index is -0.521. The second-order valence-corrected chi connectivity index (χ2v) is 6.28. The van der Waals surface area contributed by atoms with Gasteiger partial charge in [0.2, 0.25) is 0 Å². The van der Waals surface area contributed by atoms with Gasteiger partial charge in [0.1, 0.15) is 11.6 Å². The summed E-state index contributed by atoms with van der Waals surface area (Å²) in [4.78, 5) is 12.2. The molecule has 1 unspecified atom stereocenters. The number of carbonyl (C=O) groups is 1. The molecule has 0 saturated heterocycles. The minimum absolute atomic E-state index is 0.113. The lowest BCUT2D eigenvalue weighted by molar-refractivity contribution is -0.140. The van der Waals surface area contributed by atoms with Crippen LogP contribution in [0.25, 0.3) is 0 Å². The van der Waals surface area contributed by atoms with Crippen LogP contribution in [0, 0.1) is 17.2 Å². The van der Waals surface area contributed by atoms with E-state index in [1.165, 1.54) is 5.57 Å². The van der Waals surface area contributed by atoms with Crippen LogP contribution in [0.3, 0.4) is 0 Å². The number of allylic oxidation sites excluding steroid dienone is 3. The summed E-state index contributed by atoms with van der Waals surface area (Å²) in [6, 6.07) is 2.03. The molecule has 134 valence electrons. The van der Waals surface area contributed by atoms with Gasteiger partial charge in [-0.3, -0.25) is 0 Å². The summed E-state index contributed by atoms with van der Waals surface area (Å²) in [6.45, 7) is 3.50. The highest BCUT2D eigenvalue weighted by molar-refractivity contribution is 5.94. The first kappa shape index (κ1) is 20.4. The van der Waals surface area contributed by atoms with Gasteiger partial charge in [0.05, 0.1) is 13.2 Å². The van der Waals surface area contributed by atoms with Crippen LogP contribution in [0.2, 0.25) is 0 Å². The smallest absolute Gasteiger partial charge is 0.349 e. The third kappa shape index (κ3) is 7.29. The first-order valence-electron chi connectivity index (χ1n) is 8.60. The second kappa shape index (κ2) is 11.8. The summed E-state index contributed by atoms with van der Waals surface area (Å²) < 4.78 is 15.3. The van der Waals surface area contributed by atoms with Crippen molar-refractivity contribution >= 4 is 5.97 Å². The molecular weight excluding hydrogens is 306 g/mol. The van der Waals surface area contributed by atoms with E-state index < -0.39 is 5.97 Å². The highest BCUT2D eigenvalue weighted by atomic mass is 16.5. The Kier molecular flexibility index (Phi) is 10.1. The van der Waals surface area contributed by atoms with E-state index >= 15 is 0 Å². The summed E-state index contributed by atoms with van der Waals surface area (Å²) >= 11 is 0. The van der Waals surface area contributed by atoms with Gasteiger partial charge >= 0.3 is 5.97 Å². The Labute approximate surface area is 145 Å². The summed E-state index contributed by atoms with van der Waals surface area (Å²) in [5.74, 6) is -0.408. The number of rotatable bonds is 10. The van der Waals surface area contributed by atoms with E-state index in [0.29, 0.717) is 6.61 Å². The molecule has 1 atom stereocenters. The standard InChI is InChI=1S/C19H29NO4/c1-15(13-23-3)14-24-19(21)18(12-20)17-9-6-8-16(11-17)7-4-5-10-22-2/h11,15H,4-10,13-14H2,1-3H3/b18-17-. The molecule has 0 radical (unpaired) electrons. The first-order valence-corrected chi connectivity index (χ1v) is 8.60. The highest BCUT2D eigenvalue weighted by Crippen LogP contribution is 2.28. The number of hydrogen-bond donors (Lipinski definition) is 0. The average molecular weight is 335 g/mol. The summed E-state index contributed by atoms with van der Waals surface area (Å²) in [5, 5.41) is 9.37. The summed E-state index contributed by atoms with van der Waals surface area (Å²) in [6.07, 6.45) is 7.87. The average Bonchev–Trinajstić information content (AvgIpc) is 2.58. The number of unbranched alkanes of at least 4 members (excludes halogenated alkanes) is 1. The number of ether oxygens (including phenoxy) is 3. The van der Waals surface area contributed by atoms with E-state index in [2.05, 4.69) is 0 Å². The van der Waals surface area contributed by atoms with Crippen molar-refractivity contribution in [3.05, 3.63) is 22.8 Å². The van der Waals surface area contributed by atoms with E-state index in [1.807, 2.05) is 19.1 Å². The van der Waals surface area contributed by atoms with E-state index in [4.69, 9.17) is 14.2 Å². The molecule has 5 nitrogen and oxygen atoms in total. The van der Waals surface area contributed by atoms with Gasteiger partial charge in [-0.2, -0.15) is 5.26 Å². The van der Waals surface area contributed by atoms with Crippen LogP contribution in [0.15, 0.2) is 22.8 Å². The zero-order valence-corrected chi connectivity index (χ0v) is 15.1. The molecule has 0 aromatic carbocycles. The Balaban J connectivity index is 2.68. The molecule has 1 rings (SSSR count). The lowest BCUT2D eigenvalue weighted by Gasteiger charge is -2.17. The van der Waals surface area contributed by atoms with Gasteiger partial charge in [0, 0.05) is 26.7 Å². The fraction of sp³-hybridized carbons (Fsp3) is 0.684. The van der Waals surface area contributed by atoms with Crippen molar-refractivity contribution in [1.82, 2.24) is 0 Å². The van der Waals surface area contributed by atoms with Crippen molar-refractivity contribution < 1.29 is 19.0 Å². The van der Waals surface area contributed by atoms with Crippen molar-refractivity contribution in [2.75, 3.05) is 34.0 Å². The zero-order chi connectivity index (χ0) is 17.8. The quantitative estimate of drug-likeness (QED) is 0.264. The molecule has 0 aromatic rings. The molecular formula is C19H29NO4. The zero-order valence-electron chi connectivity index (χ0n) is 15.1. The van der Waals surface area contributed by atoms with Crippen molar-refractivity contribution in [3.63, 3.8) is 0 Å². The Morgan fingerprint density at radius 3 is 2.71 bits per heavy atom. The van der Waals surface area contributed by atoms with Gasteiger partial charge in [-0.15, -0.1) is 0 Å². The molecule has 0 N–H and O–H groups in total. The van der Waals surface area contributed by atoms with E-state index in [0.717, 1.165) is 50.7 Å². The third-order valence-electron chi connectivity index (χ3n) is 4.01. The largest absolute Gasteiger partial charge is 0.461 e. The van der Waals surface area contributed by atoms with Crippen molar-refractivity contribution in [1.29, 1.82) is 5.26 Å². The third-order valence-corrected chi connectivity index (χ3v) is 4.01. The fourth-order valence-corrected chi connectivity index (χ4v) is 2.76. The van der Waals surface area contributed by atoms with Crippen LogP contribution < -0.4 is 0 Å². The number of esters is 1. The molecule has 0 fully saturated rings. The Hall–Kier alpha value is -1.64. The topological polar surface area (TPSA) is 68.5 Å². The van der Waals surface area contributed by atoms with Gasteiger partial charge in [0.25, 0.3) is 0 Å². The van der Waals surface area contributed by atoms with Gasteiger partial charge in [-0.05, 0) is 44.1 Å². The molecule has 5 heteroatoms. The number of hydrogen-bond acceptors (Lipinski definition) is 5. The molecule has 1 aliphatic rings. The molecule has 0 saturated carbocycles. The van der Waals surface area contributed by atoms with Crippen LogP contribution in [0.5, 0.6) is 0 Å². The predicted molar refractivity (Wildman–Crippen MR) is 92.3 cm³/mol. The minimum Gasteiger partial charge on any atom is -0.461 e. The number of carbonyl (C=O) groups excluding carboxylic acids is 1.